The molecule has 33 heavy (non-hydrogen) atoms. The predicted molar refractivity (Wildman–Crippen MR) is 125 cm³/mol. The second-order valence-corrected chi connectivity index (χ2v) is 10.4. The van der Waals surface area contributed by atoms with Crippen LogP contribution < -0.4 is 0 Å². The lowest BCUT2D eigenvalue weighted by molar-refractivity contribution is -0.142. The molecule has 1 heterocycles. The lowest BCUT2D eigenvalue weighted by Gasteiger charge is -2.37. The first-order chi connectivity index (χ1) is 15.7. The van der Waals surface area contributed by atoms with E-state index in [1.54, 1.807) is 42.3 Å². The number of hydrogen-bond donors (Lipinski definition) is 0. The van der Waals surface area contributed by atoms with E-state index in [0.717, 1.165) is 32.5 Å². The zero-order valence-electron chi connectivity index (χ0n) is 20.1. The number of hydrogen-bond acceptors (Lipinski definition) is 7. The summed E-state index contributed by atoms with van der Waals surface area (Å²) in [5.74, 6) is -0.505. The molecule has 1 aliphatic heterocycles. The van der Waals surface area contributed by atoms with Crippen molar-refractivity contribution in [3.8, 4) is 0 Å². The van der Waals surface area contributed by atoms with Gasteiger partial charge in [-0.1, -0.05) is 18.2 Å². The van der Waals surface area contributed by atoms with Crippen LogP contribution in [0.1, 0.15) is 33.1 Å². The third-order valence-corrected chi connectivity index (χ3v) is 7.93. The minimum Gasteiger partial charge on any atom is -0.466 e. The SMILES string of the molecule is CCN(C(=O)OC)C1CCN(CCC(COC(C)=O)CN(C)S(=O)(=O)c2ccccc2)CC1. The number of esters is 1. The van der Waals surface area contributed by atoms with Crippen LogP contribution in [0.2, 0.25) is 0 Å². The smallest absolute Gasteiger partial charge is 0.409 e. The molecular weight excluding hydrogens is 446 g/mol. The first-order valence-corrected chi connectivity index (χ1v) is 12.8. The van der Waals surface area contributed by atoms with Gasteiger partial charge in [0.05, 0.1) is 18.6 Å². The first-order valence-electron chi connectivity index (χ1n) is 11.4. The van der Waals surface area contributed by atoms with E-state index in [9.17, 15) is 18.0 Å². The Morgan fingerprint density at radius 1 is 1.18 bits per heavy atom. The Labute approximate surface area is 197 Å². The highest BCUT2D eigenvalue weighted by Crippen LogP contribution is 2.20. The molecule has 0 bridgehead atoms. The standard InChI is InChI=1S/C23H37N3O6S/c1-5-26(23(28)31-4)21-12-15-25(16-13-21)14-11-20(18-32-19(2)27)17-24(3)33(29,30)22-9-7-6-8-10-22/h6-10,20-21H,5,11-18H2,1-4H3. The van der Waals surface area contributed by atoms with Crippen LogP contribution in [0.3, 0.4) is 0 Å². The van der Waals surface area contributed by atoms with Gasteiger partial charge in [-0.3, -0.25) is 4.79 Å². The highest BCUT2D eigenvalue weighted by atomic mass is 32.2. The minimum absolute atomic E-state index is 0.127. The molecule has 0 saturated carbocycles. The van der Waals surface area contributed by atoms with E-state index in [0.29, 0.717) is 13.0 Å². The lowest BCUT2D eigenvalue weighted by atomic mass is 10.0. The van der Waals surface area contributed by atoms with Crippen molar-refractivity contribution >= 4 is 22.1 Å². The third-order valence-electron chi connectivity index (χ3n) is 6.09. The summed E-state index contributed by atoms with van der Waals surface area (Å²) >= 11 is 0. The van der Waals surface area contributed by atoms with Crippen LogP contribution in [-0.4, -0.2) is 94.1 Å². The molecule has 0 aromatic heterocycles. The van der Waals surface area contributed by atoms with E-state index in [1.807, 2.05) is 6.92 Å². The van der Waals surface area contributed by atoms with Crippen LogP contribution in [0.25, 0.3) is 0 Å². The Bertz CT molecular complexity index is 856. The number of ether oxygens (including phenoxy) is 2. The van der Waals surface area contributed by atoms with Crippen LogP contribution in [0.15, 0.2) is 35.2 Å². The summed E-state index contributed by atoms with van der Waals surface area (Å²) in [6.45, 7) is 6.80. The number of benzene rings is 1. The van der Waals surface area contributed by atoms with Crippen molar-refractivity contribution in [1.29, 1.82) is 0 Å². The van der Waals surface area contributed by atoms with Gasteiger partial charge in [0.25, 0.3) is 0 Å². The van der Waals surface area contributed by atoms with E-state index in [4.69, 9.17) is 9.47 Å². The van der Waals surface area contributed by atoms with Crippen molar-refractivity contribution in [2.75, 3.05) is 53.5 Å². The number of amides is 1. The molecule has 1 atom stereocenters. The topological polar surface area (TPSA) is 96.5 Å². The average molecular weight is 484 g/mol. The highest BCUT2D eigenvalue weighted by Gasteiger charge is 2.29. The molecule has 1 unspecified atom stereocenters. The Hall–Kier alpha value is -2.17. The Kier molecular flexibility index (Phi) is 10.6. The molecule has 186 valence electrons. The molecule has 0 spiro atoms. The van der Waals surface area contributed by atoms with Crippen LogP contribution in [-0.2, 0) is 24.3 Å². The molecular formula is C23H37N3O6S. The Morgan fingerprint density at radius 3 is 2.36 bits per heavy atom. The molecule has 1 fully saturated rings. The van der Waals surface area contributed by atoms with Crippen molar-refractivity contribution in [1.82, 2.24) is 14.1 Å². The van der Waals surface area contributed by atoms with Crippen LogP contribution in [0.4, 0.5) is 4.79 Å². The summed E-state index contributed by atoms with van der Waals surface area (Å²) in [7, 11) is -0.659. The van der Waals surface area contributed by atoms with E-state index in [2.05, 4.69) is 4.90 Å². The maximum absolute atomic E-state index is 12.9. The average Bonchev–Trinajstić information content (AvgIpc) is 2.82. The van der Waals surface area contributed by atoms with Gasteiger partial charge in [0, 0.05) is 52.1 Å². The second-order valence-electron chi connectivity index (χ2n) is 8.38. The fourth-order valence-corrected chi connectivity index (χ4v) is 5.44. The number of nitrogens with zero attached hydrogens (tertiary/aromatic N) is 3. The summed E-state index contributed by atoms with van der Waals surface area (Å²) < 4.78 is 37.2. The van der Waals surface area contributed by atoms with E-state index in [1.165, 1.54) is 18.3 Å². The molecule has 9 nitrogen and oxygen atoms in total. The summed E-state index contributed by atoms with van der Waals surface area (Å²) in [6, 6.07) is 8.48. The number of piperidine rings is 1. The van der Waals surface area contributed by atoms with Gasteiger partial charge in [-0.25, -0.2) is 17.5 Å². The van der Waals surface area contributed by atoms with Gasteiger partial charge in [-0.15, -0.1) is 0 Å². The van der Waals surface area contributed by atoms with E-state index >= 15 is 0 Å². The quantitative estimate of drug-likeness (QED) is 0.446. The Morgan fingerprint density at radius 2 is 1.82 bits per heavy atom. The zero-order chi connectivity index (χ0) is 24.4. The van der Waals surface area contributed by atoms with Crippen molar-refractivity contribution in [3.05, 3.63) is 30.3 Å². The van der Waals surface area contributed by atoms with Gasteiger partial charge >= 0.3 is 12.1 Å². The van der Waals surface area contributed by atoms with Crippen molar-refractivity contribution < 1.29 is 27.5 Å². The van der Waals surface area contributed by atoms with Crippen molar-refractivity contribution in [2.45, 2.75) is 44.0 Å². The van der Waals surface area contributed by atoms with E-state index < -0.39 is 10.0 Å². The molecule has 1 aliphatic rings. The molecule has 1 saturated heterocycles. The molecule has 1 aromatic carbocycles. The Balaban J connectivity index is 1.93. The van der Waals surface area contributed by atoms with Crippen LogP contribution >= 0.6 is 0 Å². The maximum Gasteiger partial charge on any atom is 0.409 e. The molecule has 2 rings (SSSR count). The minimum atomic E-state index is -3.62. The second kappa shape index (κ2) is 12.9. The van der Waals surface area contributed by atoms with Crippen molar-refractivity contribution in [3.63, 3.8) is 0 Å². The largest absolute Gasteiger partial charge is 0.466 e. The van der Waals surface area contributed by atoms with Crippen LogP contribution in [0.5, 0.6) is 0 Å². The maximum atomic E-state index is 12.9. The summed E-state index contributed by atoms with van der Waals surface area (Å²) in [6.07, 6.45) is 2.13. The van der Waals surface area contributed by atoms with Crippen molar-refractivity contribution in [2.24, 2.45) is 5.92 Å². The first kappa shape index (κ1) is 27.1. The van der Waals surface area contributed by atoms with E-state index in [-0.39, 0.29) is 42.1 Å². The normalized spacial score (nSPS) is 16.4. The summed E-state index contributed by atoms with van der Waals surface area (Å²) in [4.78, 5) is 27.6. The fourth-order valence-electron chi connectivity index (χ4n) is 4.17. The van der Waals surface area contributed by atoms with Gasteiger partial charge < -0.3 is 19.3 Å². The molecule has 1 amide bonds. The van der Waals surface area contributed by atoms with Gasteiger partial charge in [-0.05, 0) is 44.9 Å². The van der Waals surface area contributed by atoms with Gasteiger partial charge in [0.1, 0.15) is 0 Å². The van der Waals surface area contributed by atoms with Gasteiger partial charge in [0.15, 0.2) is 0 Å². The molecule has 0 N–H and O–H groups in total. The molecule has 1 aromatic rings. The lowest BCUT2D eigenvalue weighted by Crippen LogP contribution is -2.47. The van der Waals surface area contributed by atoms with Crippen LogP contribution in [0, 0.1) is 5.92 Å². The highest BCUT2D eigenvalue weighted by molar-refractivity contribution is 7.89. The number of carbonyl (C=O) groups excluding carboxylic acids is 2. The predicted octanol–water partition coefficient (Wildman–Crippen LogP) is 2.43. The molecule has 0 aliphatic carbocycles. The number of carbonyl (C=O) groups is 2. The molecule has 0 radical (unpaired) electrons. The number of methoxy groups -OCH3 is 1. The summed E-state index contributed by atoms with van der Waals surface area (Å²) in [5, 5.41) is 0. The number of likely N-dealkylation sites (tertiary alicyclic amines) is 1. The molecule has 10 heteroatoms. The van der Waals surface area contributed by atoms with Gasteiger partial charge in [0.2, 0.25) is 10.0 Å². The summed E-state index contributed by atoms with van der Waals surface area (Å²) in [5.41, 5.74) is 0. The third kappa shape index (κ3) is 7.97. The monoisotopic (exact) mass is 483 g/mol. The number of sulfonamides is 1. The zero-order valence-corrected chi connectivity index (χ0v) is 20.9. The fraction of sp³-hybridized carbons (Fsp3) is 0.652. The number of rotatable bonds is 11. The van der Waals surface area contributed by atoms with Gasteiger partial charge in [-0.2, -0.15) is 0 Å².